The smallest absolute Gasteiger partial charge is 0.264 e. The predicted octanol–water partition coefficient (Wildman–Crippen LogP) is 5.79. The van der Waals surface area contributed by atoms with Crippen LogP contribution >= 0.6 is 34.8 Å². The van der Waals surface area contributed by atoms with E-state index in [1.807, 2.05) is 0 Å². The van der Waals surface area contributed by atoms with E-state index in [1.54, 1.807) is 55.5 Å². The van der Waals surface area contributed by atoms with Gasteiger partial charge in [-0.05, 0) is 55.0 Å². The Bertz CT molecular complexity index is 1190. The van der Waals surface area contributed by atoms with Gasteiger partial charge in [0.15, 0.2) is 0 Å². The highest BCUT2D eigenvalue weighted by atomic mass is 35.5. The second kappa shape index (κ2) is 9.27. The van der Waals surface area contributed by atoms with Gasteiger partial charge in [0.1, 0.15) is 6.54 Å². The molecule has 9 heteroatoms. The number of hydrogen-bond donors (Lipinski definition) is 1. The molecule has 1 N–H and O–H groups in total. The molecule has 3 aromatic rings. The zero-order valence-electron chi connectivity index (χ0n) is 15.8. The van der Waals surface area contributed by atoms with Crippen LogP contribution in [-0.2, 0) is 14.8 Å². The molecule has 156 valence electrons. The molecule has 0 aromatic heterocycles. The van der Waals surface area contributed by atoms with Crippen molar-refractivity contribution in [3.63, 3.8) is 0 Å². The normalized spacial score (nSPS) is 11.2. The van der Waals surface area contributed by atoms with Gasteiger partial charge in [0.25, 0.3) is 10.0 Å². The van der Waals surface area contributed by atoms with Crippen molar-refractivity contribution < 1.29 is 13.2 Å². The molecule has 3 aromatic carbocycles. The number of rotatable bonds is 6. The van der Waals surface area contributed by atoms with Gasteiger partial charge in [0.2, 0.25) is 5.91 Å². The lowest BCUT2D eigenvalue weighted by atomic mass is 10.2. The summed E-state index contributed by atoms with van der Waals surface area (Å²) >= 11 is 18.3. The predicted molar refractivity (Wildman–Crippen MR) is 122 cm³/mol. The van der Waals surface area contributed by atoms with Crippen LogP contribution in [0.15, 0.2) is 71.6 Å². The molecule has 0 bridgehead atoms. The molecule has 0 aliphatic carbocycles. The average Bonchev–Trinajstić information content (AvgIpc) is 2.72. The van der Waals surface area contributed by atoms with Gasteiger partial charge in [-0.1, -0.05) is 59.1 Å². The van der Waals surface area contributed by atoms with E-state index in [-0.39, 0.29) is 15.6 Å². The van der Waals surface area contributed by atoms with Crippen LogP contribution in [0.5, 0.6) is 0 Å². The minimum atomic E-state index is -4.04. The molecule has 0 aliphatic heterocycles. The number of amides is 1. The summed E-state index contributed by atoms with van der Waals surface area (Å²) in [5.74, 6) is -0.585. The summed E-state index contributed by atoms with van der Waals surface area (Å²) in [5.41, 5.74) is 1.12. The largest absolute Gasteiger partial charge is 0.323 e. The van der Waals surface area contributed by atoms with Crippen LogP contribution in [0.1, 0.15) is 5.56 Å². The van der Waals surface area contributed by atoms with E-state index in [1.165, 1.54) is 18.2 Å². The first-order valence-corrected chi connectivity index (χ1v) is 11.4. The van der Waals surface area contributed by atoms with Gasteiger partial charge in [0.05, 0.1) is 21.3 Å². The maximum Gasteiger partial charge on any atom is 0.264 e. The lowest BCUT2D eigenvalue weighted by Gasteiger charge is -2.26. The van der Waals surface area contributed by atoms with Gasteiger partial charge < -0.3 is 5.32 Å². The number of carbonyl (C=O) groups is 1. The molecule has 5 nitrogen and oxygen atoms in total. The number of nitrogens with one attached hydrogen (secondary N) is 1. The topological polar surface area (TPSA) is 66.5 Å². The summed E-state index contributed by atoms with van der Waals surface area (Å²) in [6.07, 6.45) is 0. The summed E-state index contributed by atoms with van der Waals surface area (Å²) in [6.45, 7) is 1.21. The zero-order valence-corrected chi connectivity index (χ0v) is 18.9. The minimum Gasteiger partial charge on any atom is -0.323 e. The van der Waals surface area contributed by atoms with E-state index in [0.717, 1.165) is 4.31 Å². The van der Waals surface area contributed by atoms with Crippen molar-refractivity contribution >= 4 is 62.1 Å². The van der Waals surface area contributed by atoms with Crippen LogP contribution in [0.25, 0.3) is 0 Å². The number of anilines is 2. The highest BCUT2D eigenvalue weighted by molar-refractivity contribution is 7.92. The summed E-state index contributed by atoms with van der Waals surface area (Å²) in [6, 6.07) is 17.4. The van der Waals surface area contributed by atoms with Crippen molar-refractivity contribution in [2.24, 2.45) is 0 Å². The highest BCUT2D eigenvalue weighted by Crippen LogP contribution is 2.31. The fourth-order valence-corrected chi connectivity index (χ4v) is 4.81. The molecular weight excluding hydrogens is 467 g/mol. The molecule has 3 rings (SSSR count). The Morgan fingerprint density at radius 3 is 2.33 bits per heavy atom. The molecule has 0 aliphatic rings. The van der Waals surface area contributed by atoms with E-state index in [4.69, 9.17) is 34.8 Å². The Balaban J connectivity index is 2.01. The number of sulfonamides is 1. The van der Waals surface area contributed by atoms with Crippen molar-refractivity contribution in [3.8, 4) is 0 Å². The summed E-state index contributed by atoms with van der Waals surface area (Å²) in [5, 5.41) is 3.67. The van der Waals surface area contributed by atoms with E-state index in [0.29, 0.717) is 21.3 Å². The third-order valence-electron chi connectivity index (χ3n) is 4.33. The monoisotopic (exact) mass is 482 g/mol. The van der Waals surface area contributed by atoms with Gasteiger partial charge in [-0.3, -0.25) is 9.10 Å². The first-order valence-electron chi connectivity index (χ1n) is 8.78. The van der Waals surface area contributed by atoms with Gasteiger partial charge in [0, 0.05) is 10.0 Å². The molecule has 0 saturated heterocycles. The van der Waals surface area contributed by atoms with Crippen molar-refractivity contribution in [1.82, 2.24) is 0 Å². The van der Waals surface area contributed by atoms with Crippen molar-refractivity contribution in [3.05, 3.63) is 87.4 Å². The molecule has 0 heterocycles. The van der Waals surface area contributed by atoms with E-state index < -0.39 is 22.5 Å². The van der Waals surface area contributed by atoms with E-state index in [2.05, 4.69) is 5.32 Å². The Morgan fingerprint density at radius 2 is 1.63 bits per heavy atom. The van der Waals surface area contributed by atoms with Gasteiger partial charge in [-0.2, -0.15) is 0 Å². The van der Waals surface area contributed by atoms with Crippen LogP contribution < -0.4 is 9.62 Å². The van der Waals surface area contributed by atoms with Crippen LogP contribution in [0.3, 0.4) is 0 Å². The molecule has 0 spiro atoms. The Hall–Kier alpha value is -2.25. The third-order valence-corrected chi connectivity index (χ3v) is 7.08. The SMILES string of the molecule is Cc1c(Cl)cccc1N(CC(=O)Nc1cc(Cl)ccc1Cl)S(=O)(=O)c1ccccc1. The molecule has 30 heavy (non-hydrogen) atoms. The van der Waals surface area contributed by atoms with Gasteiger partial charge in [-0.15, -0.1) is 0 Å². The number of hydrogen-bond acceptors (Lipinski definition) is 3. The summed E-state index contributed by atoms with van der Waals surface area (Å²) < 4.78 is 27.7. The Morgan fingerprint density at radius 1 is 0.933 bits per heavy atom. The maximum atomic E-state index is 13.4. The first-order chi connectivity index (χ1) is 14.2. The molecular formula is C21H17Cl3N2O3S. The van der Waals surface area contributed by atoms with E-state index in [9.17, 15) is 13.2 Å². The van der Waals surface area contributed by atoms with Crippen LogP contribution in [0.4, 0.5) is 11.4 Å². The molecule has 0 unspecified atom stereocenters. The minimum absolute atomic E-state index is 0.0537. The summed E-state index contributed by atoms with van der Waals surface area (Å²) in [4.78, 5) is 12.8. The second-order valence-electron chi connectivity index (χ2n) is 6.38. The molecule has 0 saturated carbocycles. The fraction of sp³-hybridized carbons (Fsp3) is 0.0952. The number of halogens is 3. The van der Waals surface area contributed by atoms with Gasteiger partial charge in [-0.25, -0.2) is 8.42 Å². The first kappa shape index (κ1) is 22.4. The van der Waals surface area contributed by atoms with Crippen molar-refractivity contribution in [2.45, 2.75) is 11.8 Å². The maximum absolute atomic E-state index is 13.4. The van der Waals surface area contributed by atoms with Crippen molar-refractivity contribution in [1.29, 1.82) is 0 Å². The van der Waals surface area contributed by atoms with Crippen LogP contribution in [-0.4, -0.2) is 20.9 Å². The number of benzene rings is 3. The zero-order chi connectivity index (χ0) is 21.9. The lowest BCUT2D eigenvalue weighted by Crippen LogP contribution is -2.38. The third kappa shape index (κ3) is 4.90. The average molecular weight is 484 g/mol. The van der Waals surface area contributed by atoms with Crippen LogP contribution in [0.2, 0.25) is 15.1 Å². The second-order valence-corrected chi connectivity index (χ2v) is 9.49. The quantitative estimate of drug-likeness (QED) is 0.482. The number of carbonyl (C=O) groups excluding carboxylic acids is 1. The number of nitrogens with zero attached hydrogens (tertiary/aromatic N) is 1. The Kier molecular flexibility index (Phi) is 6.93. The molecule has 1 amide bonds. The summed E-state index contributed by atoms with van der Waals surface area (Å²) in [7, 11) is -4.04. The van der Waals surface area contributed by atoms with E-state index >= 15 is 0 Å². The Labute approximate surface area is 190 Å². The standard InChI is InChI=1S/C21H17Cl3N2O3S/c1-14-17(23)8-5-9-20(14)26(30(28,29)16-6-3-2-4-7-16)13-21(27)25-19-12-15(22)10-11-18(19)24/h2-12H,13H2,1H3,(H,25,27). The highest BCUT2D eigenvalue weighted by Gasteiger charge is 2.28. The van der Waals surface area contributed by atoms with Crippen molar-refractivity contribution in [2.75, 3.05) is 16.2 Å². The molecule has 0 fully saturated rings. The molecule has 0 radical (unpaired) electrons. The lowest BCUT2D eigenvalue weighted by molar-refractivity contribution is -0.114. The molecule has 0 atom stereocenters. The van der Waals surface area contributed by atoms with Gasteiger partial charge >= 0.3 is 0 Å². The van der Waals surface area contributed by atoms with Crippen LogP contribution in [0, 0.1) is 6.92 Å². The fourth-order valence-electron chi connectivity index (χ4n) is 2.80.